The molecule has 1 nitrogen and oxygen atoms in total. The minimum Gasteiger partial charge on any atom is -0.256 e. The zero-order valence-electron chi connectivity index (χ0n) is 14.7. The lowest BCUT2D eigenvalue weighted by atomic mass is 10.1. The van der Waals surface area contributed by atoms with Crippen molar-refractivity contribution in [3.05, 3.63) is 71.8 Å². The number of aryl methyl sites for hydroxylation is 1. The summed E-state index contributed by atoms with van der Waals surface area (Å²) in [7, 11) is -1.27. The summed E-state index contributed by atoms with van der Waals surface area (Å²) in [5.74, 6) is 0. The van der Waals surface area contributed by atoms with Crippen molar-refractivity contribution >= 4 is 41.1 Å². The fourth-order valence-corrected chi connectivity index (χ4v) is 6.23. The normalized spacial score (nSPS) is 12.2. The van der Waals surface area contributed by atoms with Crippen LogP contribution in [0.1, 0.15) is 11.1 Å². The molecule has 0 saturated heterocycles. The first-order chi connectivity index (χ1) is 11.4. The molecule has 0 N–H and O–H groups in total. The third-order valence-corrected chi connectivity index (χ3v) is 7.36. The van der Waals surface area contributed by atoms with Gasteiger partial charge in [0.25, 0.3) is 0 Å². The van der Waals surface area contributed by atoms with Crippen molar-refractivity contribution < 1.29 is 0 Å². The van der Waals surface area contributed by atoms with E-state index in [1.54, 1.807) is 0 Å². The number of hydrogen-bond donors (Lipinski definition) is 0. The number of benzene rings is 3. The zero-order valence-corrected chi connectivity index (χ0v) is 16.5. The van der Waals surface area contributed by atoms with Crippen LogP contribution in [-0.4, -0.2) is 13.4 Å². The van der Waals surface area contributed by atoms with Crippen molar-refractivity contribution in [2.24, 2.45) is 4.99 Å². The highest BCUT2D eigenvalue weighted by Gasteiger charge is 2.17. The first-order valence-corrected chi connectivity index (χ1v) is 13.3. The van der Waals surface area contributed by atoms with E-state index in [1.165, 1.54) is 21.2 Å². The summed E-state index contributed by atoms with van der Waals surface area (Å²) in [6.45, 7) is 9.25. The summed E-state index contributed by atoms with van der Waals surface area (Å²) in [6.07, 6.45) is 1.96. The van der Waals surface area contributed by atoms with E-state index in [9.17, 15) is 0 Å². The monoisotopic (exact) mass is 349 g/mol. The van der Waals surface area contributed by atoms with Gasteiger partial charge in [-0.3, -0.25) is 4.99 Å². The van der Waals surface area contributed by atoms with Crippen molar-refractivity contribution in [1.29, 1.82) is 0 Å². The Balaban J connectivity index is 2.05. The van der Waals surface area contributed by atoms with Gasteiger partial charge < -0.3 is 0 Å². The van der Waals surface area contributed by atoms with Gasteiger partial charge in [-0.05, 0) is 30.0 Å². The molecule has 3 heteroatoms. The van der Waals surface area contributed by atoms with E-state index < -0.39 is 7.22 Å². The Kier molecular flexibility index (Phi) is 4.92. The highest BCUT2D eigenvalue weighted by atomic mass is 32.4. The number of fused-ring (bicyclic) bond motifs is 1. The SMILES string of the molecule is Cc1ccc(/C=N\c2cccc3cccc(S[Si](C)(C)C)c23)cc1. The molecule has 0 heterocycles. The molecule has 0 aliphatic heterocycles. The van der Waals surface area contributed by atoms with Crippen molar-refractivity contribution in [3.8, 4) is 0 Å². The van der Waals surface area contributed by atoms with E-state index >= 15 is 0 Å². The standard InChI is InChI=1S/C21H23NSSi/c1-16-11-13-17(14-12-16)15-22-19-9-5-7-18-8-6-10-20(21(18)19)23-24(2,3)4/h5-15H,1-4H3/b22-15-. The second-order valence-corrected chi connectivity index (χ2v) is 16.2. The predicted octanol–water partition coefficient (Wildman–Crippen LogP) is 6.83. The van der Waals surface area contributed by atoms with Crippen LogP contribution in [0.15, 0.2) is 70.6 Å². The van der Waals surface area contributed by atoms with Gasteiger partial charge in [0.05, 0.1) is 5.69 Å². The first-order valence-electron chi connectivity index (χ1n) is 8.24. The molecule has 122 valence electrons. The molecule has 0 amide bonds. The summed E-state index contributed by atoms with van der Waals surface area (Å²) in [5.41, 5.74) is 3.45. The Hall–Kier alpha value is -1.84. The minimum absolute atomic E-state index is 1.05. The molecule has 24 heavy (non-hydrogen) atoms. The Labute approximate surface area is 149 Å². The van der Waals surface area contributed by atoms with Crippen molar-refractivity contribution in [2.45, 2.75) is 31.5 Å². The highest BCUT2D eigenvalue weighted by molar-refractivity contribution is 8.28. The lowest BCUT2D eigenvalue weighted by molar-refractivity contribution is 1.46. The quantitative estimate of drug-likeness (QED) is 0.371. The Bertz CT molecular complexity index is 871. The maximum atomic E-state index is 4.80. The molecule has 0 spiro atoms. The molecule has 0 radical (unpaired) electrons. The minimum atomic E-state index is -1.27. The van der Waals surface area contributed by atoms with Crippen LogP contribution in [0.4, 0.5) is 5.69 Å². The largest absolute Gasteiger partial charge is 0.256 e. The Morgan fingerprint density at radius 3 is 2.21 bits per heavy atom. The second kappa shape index (κ2) is 6.95. The summed E-state index contributed by atoms with van der Waals surface area (Å²) in [5, 5.41) is 2.53. The van der Waals surface area contributed by atoms with Crippen LogP contribution in [-0.2, 0) is 0 Å². The van der Waals surface area contributed by atoms with Gasteiger partial charge in [0.2, 0.25) is 0 Å². The van der Waals surface area contributed by atoms with Crippen LogP contribution in [0.5, 0.6) is 0 Å². The van der Waals surface area contributed by atoms with Gasteiger partial charge >= 0.3 is 0 Å². The number of nitrogens with zero attached hydrogens (tertiary/aromatic N) is 1. The number of hydrogen-bond acceptors (Lipinski definition) is 2. The Morgan fingerprint density at radius 2 is 1.54 bits per heavy atom. The molecule has 3 rings (SSSR count). The third-order valence-electron chi connectivity index (χ3n) is 3.69. The lowest BCUT2D eigenvalue weighted by Crippen LogP contribution is -2.13. The molecule has 0 fully saturated rings. The fraction of sp³-hybridized carbons (Fsp3) is 0.190. The predicted molar refractivity (Wildman–Crippen MR) is 112 cm³/mol. The van der Waals surface area contributed by atoms with Gasteiger partial charge in [-0.15, -0.1) is 0 Å². The summed E-state index contributed by atoms with van der Waals surface area (Å²) < 4.78 is 0. The molecule has 3 aromatic carbocycles. The van der Waals surface area contributed by atoms with Crippen LogP contribution in [0.3, 0.4) is 0 Å². The average molecular weight is 350 g/mol. The van der Waals surface area contributed by atoms with Crippen molar-refractivity contribution in [1.82, 2.24) is 0 Å². The summed E-state index contributed by atoms with van der Waals surface area (Å²) in [4.78, 5) is 6.15. The molecule has 0 aliphatic rings. The van der Waals surface area contributed by atoms with E-state index in [0.717, 1.165) is 11.3 Å². The number of rotatable bonds is 4. The molecule has 0 saturated carbocycles. The molecule has 0 unspecified atom stereocenters. The van der Waals surface area contributed by atoms with Gasteiger partial charge in [-0.2, -0.15) is 11.2 Å². The van der Waals surface area contributed by atoms with Crippen LogP contribution in [0.2, 0.25) is 19.6 Å². The van der Waals surface area contributed by atoms with Crippen LogP contribution >= 0.6 is 11.2 Å². The van der Waals surface area contributed by atoms with E-state index in [2.05, 4.69) is 87.2 Å². The highest BCUT2D eigenvalue weighted by Crippen LogP contribution is 2.38. The number of aliphatic imine (C=N–C) groups is 1. The maximum Gasteiger partial charge on any atom is 0.114 e. The molecular formula is C21H23NSSi. The molecular weight excluding hydrogens is 326 g/mol. The zero-order chi connectivity index (χ0) is 17.2. The second-order valence-electron chi connectivity index (χ2n) is 7.01. The summed E-state index contributed by atoms with van der Waals surface area (Å²) in [6, 6.07) is 21.4. The van der Waals surface area contributed by atoms with Crippen molar-refractivity contribution in [3.63, 3.8) is 0 Å². The lowest BCUT2D eigenvalue weighted by Gasteiger charge is -2.17. The maximum absolute atomic E-state index is 4.80. The van der Waals surface area contributed by atoms with Crippen molar-refractivity contribution in [2.75, 3.05) is 0 Å². The Morgan fingerprint density at radius 1 is 0.875 bits per heavy atom. The molecule has 0 aromatic heterocycles. The van der Waals surface area contributed by atoms with E-state index in [4.69, 9.17) is 4.99 Å². The van der Waals surface area contributed by atoms with Gasteiger partial charge in [0, 0.05) is 16.5 Å². The third kappa shape index (κ3) is 4.16. The average Bonchev–Trinajstić information content (AvgIpc) is 2.53. The van der Waals surface area contributed by atoms with Crippen LogP contribution in [0.25, 0.3) is 10.8 Å². The van der Waals surface area contributed by atoms with Crippen LogP contribution < -0.4 is 0 Å². The van der Waals surface area contributed by atoms with Gasteiger partial charge in [0.1, 0.15) is 7.22 Å². The van der Waals surface area contributed by atoms with E-state index in [-0.39, 0.29) is 0 Å². The van der Waals surface area contributed by atoms with Gasteiger partial charge in [-0.25, -0.2) is 0 Å². The topological polar surface area (TPSA) is 12.4 Å². The van der Waals surface area contributed by atoms with Gasteiger partial charge in [-0.1, -0.05) is 73.7 Å². The van der Waals surface area contributed by atoms with Gasteiger partial charge in [0.15, 0.2) is 0 Å². The smallest absolute Gasteiger partial charge is 0.114 e. The first kappa shape index (κ1) is 17.0. The van der Waals surface area contributed by atoms with Crippen LogP contribution in [0, 0.1) is 6.92 Å². The fourth-order valence-electron chi connectivity index (χ4n) is 2.61. The summed E-state index contributed by atoms with van der Waals surface area (Å²) >= 11 is 2.03. The molecule has 0 bridgehead atoms. The van der Waals surface area contributed by atoms with E-state index in [0.29, 0.717) is 0 Å². The van der Waals surface area contributed by atoms with E-state index in [1.807, 2.05) is 17.4 Å². The molecule has 0 aliphatic carbocycles. The molecule has 3 aromatic rings. The molecule has 0 atom stereocenters.